The Labute approximate surface area is 158 Å². The summed E-state index contributed by atoms with van der Waals surface area (Å²) in [5.41, 5.74) is 2.79. The molecule has 2 aromatic heterocycles. The van der Waals surface area contributed by atoms with Gasteiger partial charge in [0.2, 0.25) is 0 Å². The molecule has 0 bridgehead atoms. The van der Waals surface area contributed by atoms with Gasteiger partial charge >= 0.3 is 0 Å². The number of carbonyl (C=O) groups excluding carboxylic acids is 1. The molecular weight excluding hydrogens is 340 g/mol. The van der Waals surface area contributed by atoms with Crippen LogP contribution in [0.2, 0.25) is 0 Å². The minimum absolute atomic E-state index is 0.0397. The molecule has 0 aliphatic carbocycles. The van der Waals surface area contributed by atoms with Crippen molar-refractivity contribution in [2.24, 2.45) is 0 Å². The summed E-state index contributed by atoms with van der Waals surface area (Å²) in [6.07, 6.45) is 6.07. The third-order valence-corrected chi connectivity index (χ3v) is 4.63. The van der Waals surface area contributed by atoms with Gasteiger partial charge in [0.15, 0.2) is 0 Å². The number of nitrogens with zero attached hydrogens (tertiary/aromatic N) is 3. The van der Waals surface area contributed by atoms with Gasteiger partial charge in [-0.15, -0.1) is 0 Å². The maximum Gasteiger partial charge on any atom is 0.271 e. The zero-order valence-electron chi connectivity index (χ0n) is 15.0. The van der Waals surface area contributed by atoms with Gasteiger partial charge in [-0.25, -0.2) is 0 Å². The summed E-state index contributed by atoms with van der Waals surface area (Å²) in [6, 6.07) is 15.8. The lowest BCUT2D eigenvalue weighted by Crippen LogP contribution is -2.26. The number of benzene rings is 1. The number of pyridine rings is 1. The minimum atomic E-state index is -0.114. The fourth-order valence-corrected chi connectivity index (χ4v) is 3.30. The van der Waals surface area contributed by atoms with E-state index in [1.54, 1.807) is 12.4 Å². The second-order valence-electron chi connectivity index (χ2n) is 6.67. The van der Waals surface area contributed by atoms with Crippen molar-refractivity contribution >= 4 is 5.91 Å². The fraction of sp³-hybridized carbons (Fsp3) is 0.286. The monoisotopic (exact) mass is 362 g/mol. The van der Waals surface area contributed by atoms with E-state index in [4.69, 9.17) is 4.74 Å². The van der Waals surface area contributed by atoms with Gasteiger partial charge in [0.25, 0.3) is 5.91 Å². The lowest BCUT2D eigenvalue weighted by Gasteiger charge is -2.12. The zero-order chi connectivity index (χ0) is 18.5. The van der Waals surface area contributed by atoms with Gasteiger partial charge < -0.3 is 10.1 Å². The molecule has 1 atom stereocenters. The number of hydrogen-bond acceptors (Lipinski definition) is 4. The van der Waals surface area contributed by atoms with E-state index in [2.05, 4.69) is 27.5 Å². The smallest absolute Gasteiger partial charge is 0.271 e. The summed E-state index contributed by atoms with van der Waals surface area (Å²) in [6.45, 7) is 1.29. The van der Waals surface area contributed by atoms with Crippen LogP contribution in [0.3, 0.4) is 0 Å². The summed E-state index contributed by atoms with van der Waals surface area (Å²) in [5, 5.41) is 7.39. The first kappa shape index (κ1) is 17.3. The van der Waals surface area contributed by atoms with Crippen molar-refractivity contribution in [2.45, 2.75) is 31.9 Å². The number of rotatable bonds is 7. The highest BCUT2D eigenvalue weighted by Gasteiger charge is 2.26. The molecule has 0 fully saturated rings. The van der Waals surface area contributed by atoms with E-state index in [9.17, 15) is 4.79 Å². The maximum atomic E-state index is 12.3. The van der Waals surface area contributed by atoms with Crippen LogP contribution in [0.25, 0.3) is 0 Å². The number of amides is 1. The fourth-order valence-electron chi connectivity index (χ4n) is 3.30. The Hall–Kier alpha value is -3.15. The highest BCUT2D eigenvalue weighted by atomic mass is 16.5. The molecule has 27 heavy (non-hydrogen) atoms. The molecule has 0 saturated heterocycles. The summed E-state index contributed by atoms with van der Waals surface area (Å²) in [4.78, 5) is 16.3. The molecule has 3 aromatic rings. The third kappa shape index (κ3) is 4.34. The normalized spacial score (nSPS) is 15.3. The number of hydrogen-bond donors (Lipinski definition) is 1. The summed E-state index contributed by atoms with van der Waals surface area (Å²) < 4.78 is 7.80. The van der Waals surface area contributed by atoms with Crippen LogP contribution in [-0.2, 0) is 19.4 Å². The predicted octanol–water partition coefficient (Wildman–Crippen LogP) is 2.64. The third-order valence-electron chi connectivity index (χ3n) is 4.63. The van der Waals surface area contributed by atoms with Gasteiger partial charge in [-0.3, -0.25) is 14.5 Å². The molecular formula is C21H22N4O2. The van der Waals surface area contributed by atoms with Crippen molar-refractivity contribution in [3.05, 3.63) is 77.9 Å². The second-order valence-corrected chi connectivity index (χ2v) is 6.67. The van der Waals surface area contributed by atoms with E-state index in [1.165, 1.54) is 5.56 Å². The van der Waals surface area contributed by atoms with Gasteiger partial charge in [0.05, 0.1) is 6.54 Å². The van der Waals surface area contributed by atoms with E-state index in [0.29, 0.717) is 18.8 Å². The van der Waals surface area contributed by atoms with Crippen molar-refractivity contribution < 1.29 is 9.53 Å². The average molecular weight is 362 g/mol. The van der Waals surface area contributed by atoms with Gasteiger partial charge in [-0.1, -0.05) is 30.3 Å². The summed E-state index contributed by atoms with van der Waals surface area (Å²) >= 11 is 0. The first-order valence-electron chi connectivity index (χ1n) is 9.23. The molecule has 1 aromatic carbocycles. The first-order valence-corrected chi connectivity index (χ1v) is 9.23. The molecule has 6 heteroatoms. The predicted molar refractivity (Wildman–Crippen MR) is 102 cm³/mol. The Balaban J connectivity index is 1.24. The van der Waals surface area contributed by atoms with E-state index in [-0.39, 0.29) is 12.0 Å². The first-order chi connectivity index (χ1) is 13.3. The van der Waals surface area contributed by atoms with E-state index in [1.807, 2.05) is 41.1 Å². The van der Waals surface area contributed by atoms with E-state index in [0.717, 1.165) is 30.7 Å². The van der Waals surface area contributed by atoms with Crippen LogP contribution >= 0.6 is 0 Å². The van der Waals surface area contributed by atoms with Gasteiger partial charge in [-0.2, -0.15) is 5.10 Å². The van der Waals surface area contributed by atoms with Crippen LogP contribution in [-0.4, -0.2) is 33.3 Å². The quantitative estimate of drug-likeness (QED) is 0.656. The Kier molecular flexibility index (Phi) is 5.14. The van der Waals surface area contributed by atoms with Crippen molar-refractivity contribution in [2.75, 3.05) is 6.54 Å². The Morgan fingerprint density at radius 2 is 2.00 bits per heavy atom. The van der Waals surface area contributed by atoms with Crippen LogP contribution < -0.4 is 10.1 Å². The molecule has 3 heterocycles. The van der Waals surface area contributed by atoms with Gasteiger partial charge in [0, 0.05) is 31.1 Å². The topological polar surface area (TPSA) is 69.0 Å². The molecule has 1 N–H and O–H groups in total. The number of ether oxygens (including phenoxy) is 1. The molecule has 0 unspecified atom stereocenters. The molecule has 0 spiro atoms. The molecule has 1 aliphatic rings. The highest BCUT2D eigenvalue weighted by molar-refractivity contribution is 5.92. The molecule has 4 rings (SSSR count). The maximum absolute atomic E-state index is 12.3. The molecule has 0 saturated carbocycles. The number of carbonyl (C=O) groups is 1. The Morgan fingerprint density at radius 3 is 2.78 bits per heavy atom. The number of aryl methyl sites for hydroxylation is 1. The molecule has 0 radical (unpaired) electrons. The van der Waals surface area contributed by atoms with Crippen molar-refractivity contribution in [3.63, 3.8) is 0 Å². The van der Waals surface area contributed by atoms with Crippen LogP contribution in [0.1, 0.15) is 28.2 Å². The minimum Gasteiger partial charge on any atom is -0.488 e. The van der Waals surface area contributed by atoms with Crippen molar-refractivity contribution in [1.29, 1.82) is 0 Å². The summed E-state index contributed by atoms with van der Waals surface area (Å²) in [5.74, 6) is 0.689. The van der Waals surface area contributed by atoms with Crippen molar-refractivity contribution in [3.8, 4) is 5.75 Å². The SMILES string of the molecule is O=C(NCCCc1ccccc1)c1cc2n(n1)C[C@@H](Oc1ccncc1)C2. The number of aromatic nitrogens is 3. The van der Waals surface area contributed by atoms with Crippen LogP contribution in [0.15, 0.2) is 60.9 Å². The Morgan fingerprint density at radius 1 is 1.19 bits per heavy atom. The van der Waals surface area contributed by atoms with Crippen molar-refractivity contribution in [1.82, 2.24) is 20.1 Å². The van der Waals surface area contributed by atoms with E-state index < -0.39 is 0 Å². The highest BCUT2D eigenvalue weighted by Crippen LogP contribution is 2.21. The number of fused-ring (bicyclic) bond motifs is 1. The standard InChI is InChI=1S/C21H22N4O2/c26-21(23-10-4-7-16-5-2-1-3-6-16)20-14-17-13-19(15-25(17)24-20)27-18-8-11-22-12-9-18/h1-3,5-6,8-9,11-12,14,19H,4,7,10,13,15H2,(H,23,26)/t19-/m0/s1. The Bertz CT molecular complexity index is 870. The van der Waals surface area contributed by atoms with Gasteiger partial charge in [-0.05, 0) is 36.6 Å². The lowest BCUT2D eigenvalue weighted by atomic mass is 10.1. The van der Waals surface area contributed by atoms with E-state index >= 15 is 0 Å². The lowest BCUT2D eigenvalue weighted by molar-refractivity contribution is 0.0946. The summed E-state index contributed by atoms with van der Waals surface area (Å²) in [7, 11) is 0. The van der Waals surface area contributed by atoms with Gasteiger partial charge in [0.1, 0.15) is 17.5 Å². The van der Waals surface area contributed by atoms with Crippen LogP contribution in [0.4, 0.5) is 0 Å². The average Bonchev–Trinajstić information content (AvgIpc) is 3.25. The molecule has 138 valence electrons. The van der Waals surface area contributed by atoms with Crippen LogP contribution in [0, 0.1) is 0 Å². The number of nitrogens with one attached hydrogen (secondary N) is 1. The molecule has 1 amide bonds. The van der Waals surface area contributed by atoms with Crippen LogP contribution in [0.5, 0.6) is 5.75 Å². The largest absolute Gasteiger partial charge is 0.488 e. The molecule has 6 nitrogen and oxygen atoms in total. The zero-order valence-corrected chi connectivity index (χ0v) is 15.0. The molecule has 1 aliphatic heterocycles. The second kappa shape index (κ2) is 8.03.